The largest absolute Gasteiger partial charge is 0.383 e. The minimum Gasteiger partial charge on any atom is -0.383 e. The molecule has 0 aromatic heterocycles. The van der Waals surface area contributed by atoms with Gasteiger partial charge in [0.1, 0.15) is 0 Å². The Hall–Kier alpha value is -1.63. The lowest BCUT2D eigenvalue weighted by Crippen LogP contribution is -2.51. The molecule has 1 aliphatic rings. The minimum atomic E-state index is -0.301. The Labute approximate surface area is 128 Å². The Bertz CT molecular complexity index is 520. The van der Waals surface area contributed by atoms with Crippen LogP contribution in [0, 0.1) is 0 Å². The van der Waals surface area contributed by atoms with Gasteiger partial charge in [-0.15, -0.1) is 0 Å². The number of imide groups is 1. The van der Waals surface area contributed by atoms with Gasteiger partial charge >= 0.3 is 0 Å². The number of nitrogens with zero attached hydrogens (tertiary/aromatic N) is 1. The average Bonchev–Trinajstić information content (AvgIpc) is 2.44. The molecule has 0 spiro atoms. The number of anilines is 1. The fraction of sp³-hybridized carbons (Fsp3) is 0.429. The normalized spacial score (nSPS) is 15.2. The molecular weight excluding hydrogens is 294 g/mol. The maximum atomic E-state index is 11.5. The van der Waals surface area contributed by atoms with Crippen LogP contribution in [0.1, 0.15) is 5.56 Å². The highest BCUT2D eigenvalue weighted by molar-refractivity contribution is 6.30. The van der Waals surface area contributed by atoms with Gasteiger partial charge < -0.3 is 15.0 Å². The van der Waals surface area contributed by atoms with Gasteiger partial charge in [-0.3, -0.25) is 14.9 Å². The Morgan fingerprint density at radius 2 is 2.05 bits per heavy atom. The van der Waals surface area contributed by atoms with Gasteiger partial charge in [-0.05, 0) is 17.7 Å². The Balaban J connectivity index is 2.14. The summed E-state index contributed by atoms with van der Waals surface area (Å²) in [6.07, 6.45) is 0. The predicted octanol–water partition coefficient (Wildman–Crippen LogP) is 0.539. The van der Waals surface area contributed by atoms with Crippen molar-refractivity contribution in [3.05, 3.63) is 28.8 Å². The molecule has 1 aliphatic heterocycles. The van der Waals surface area contributed by atoms with E-state index in [0.717, 1.165) is 17.8 Å². The van der Waals surface area contributed by atoms with E-state index in [4.69, 9.17) is 16.3 Å². The van der Waals surface area contributed by atoms with Gasteiger partial charge in [0.25, 0.3) is 0 Å². The number of carbonyl (C=O) groups is 2. The highest BCUT2D eigenvalue weighted by atomic mass is 35.5. The first kappa shape index (κ1) is 15.8. The molecule has 1 saturated heterocycles. The summed E-state index contributed by atoms with van der Waals surface area (Å²) in [6, 6.07) is 5.47. The standard InChI is InChI=1S/C14H18ClN3O3/c1-21-5-4-16-7-10-2-3-11(15)6-12(10)18-8-13(19)17-14(20)9-18/h2-3,6,16H,4-5,7-9H2,1H3,(H,17,19,20). The lowest BCUT2D eigenvalue weighted by atomic mass is 10.1. The first-order valence-corrected chi connectivity index (χ1v) is 7.03. The van der Waals surface area contributed by atoms with Crippen LogP contribution in [0.25, 0.3) is 0 Å². The van der Waals surface area contributed by atoms with Crippen molar-refractivity contribution < 1.29 is 14.3 Å². The van der Waals surface area contributed by atoms with Crippen molar-refractivity contribution in [2.75, 3.05) is 38.3 Å². The number of piperazine rings is 1. The molecule has 2 N–H and O–H groups in total. The summed E-state index contributed by atoms with van der Waals surface area (Å²) in [6.45, 7) is 2.25. The summed E-state index contributed by atoms with van der Waals surface area (Å²) in [7, 11) is 1.65. The fourth-order valence-electron chi connectivity index (χ4n) is 2.19. The van der Waals surface area contributed by atoms with Gasteiger partial charge in [0.2, 0.25) is 11.8 Å². The smallest absolute Gasteiger partial charge is 0.246 e. The van der Waals surface area contributed by atoms with Gasteiger partial charge in [0.15, 0.2) is 0 Å². The van der Waals surface area contributed by atoms with E-state index in [2.05, 4.69) is 10.6 Å². The molecule has 1 fully saturated rings. The van der Waals surface area contributed by atoms with Crippen LogP contribution in [-0.4, -0.2) is 45.2 Å². The van der Waals surface area contributed by atoms with E-state index in [0.29, 0.717) is 18.2 Å². The second-order valence-electron chi connectivity index (χ2n) is 4.77. The number of rotatable bonds is 6. The van der Waals surface area contributed by atoms with E-state index in [9.17, 15) is 9.59 Å². The van der Waals surface area contributed by atoms with E-state index in [1.807, 2.05) is 6.07 Å². The maximum absolute atomic E-state index is 11.5. The third-order valence-corrected chi connectivity index (χ3v) is 3.37. The van der Waals surface area contributed by atoms with Crippen molar-refractivity contribution >= 4 is 29.1 Å². The SMILES string of the molecule is COCCNCc1ccc(Cl)cc1N1CC(=O)NC(=O)C1. The van der Waals surface area contributed by atoms with Gasteiger partial charge in [0, 0.05) is 30.9 Å². The number of nitrogens with one attached hydrogen (secondary N) is 2. The van der Waals surface area contributed by atoms with Crippen molar-refractivity contribution in [2.45, 2.75) is 6.54 Å². The third-order valence-electron chi connectivity index (χ3n) is 3.13. The van der Waals surface area contributed by atoms with Gasteiger partial charge in [-0.2, -0.15) is 0 Å². The summed E-state index contributed by atoms with van der Waals surface area (Å²) in [5, 5.41) is 6.11. The molecule has 0 aliphatic carbocycles. The summed E-state index contributed by atoms with van der Waals surface area (Å²) >= 11 is 6.04. The number of benzene rings is 1. The van der Waals surface area contributed by atoms with Crippen LogP contribution in [0.2, 0.25) is 5.02 Å². The number of hydrogen-bond acceptors (Lipinski definition) is 5. The third kappa shape index (κ3) is 4.42. The monoisotopic (exact) mass is 311 g/mol. The molecule has 114 valence electrons. The van der Waals surface area contributed by atoms with Crippen LogP contribution in [0.15, 0.2) is 18.2 Å². The van der Waals surface area contributed by atoms with E-state index < -0.39 is 0 Å². The fourth-order valence-corrected chi connectivity index (χ4v) is 2.35. The molecule has 2 rings (SSSR count). The van der Waals surface area contributed by atoms with Crippen LogP contribution in [-0.2, 0) is 20.9 Å². The van der Waals surface area contributed by atoms with E-state index in [1.165, 1.54) is 0 Å². The van der Waals surface area contributed by atoms with Crippen LogP contribution in [0.5, 0.6) is 0 Å². The van der Waals surface area contributed by atoms with Crippen molar-refractivity contribution in [1.29, 1.82) is 0 Å². The molecule has 2 amide bonds. The molecule has 0 radical (unpaired) electrons. The minimum absolute atomic E-state index is 0.150. The second-order valence-corrected chi connectivity index (χ2v) is 5.21. The Kier molecular flexibility index (Phi) is 5.55. The van der Waals surface area contributed by atoms with Crippen molar-refractivity contribution in [1.82, 2.24) is 10.6 Å². The molecule has 7 heteroatoms. The van der Waals surface area contributed by atoms with Gasteiger partial charge in [-0.25, -0.2) is 0 Å². The molecule has 1 aromatic rings. The number of halogens is 1. The van der Waals surface area contributed by atoms with Crippen LogP contribution in [0.3, 0.4) is 0 Å². The lowest BCUT2D eigenvalue weighted by Gasteiger charge is -2.29. The summed E-state index contributed by atoms with van der Waals surface area (Å²) < 4.78 is 4.98. The molecule has 0 atom stereocenters. The highest BCUT2D eigenvalue weighted by Crippen LogP contribution is 2.25. The van der Waals surface area contributed by atoms with Crippen LogP contribution in [0.4, 0.5) is 5.69 Å². The molecular formula is C14H18ClN3O3. The number of hydrogen-bond donors (Lipinski definition) is 2. The summed E-state index contributed by atoms with van der Waals surface area (Å²) in [5.74, 6) is -0.603. The number of carbonyl (C=O) groups excluding carboxylic acids is 2. The highest BCUT2D eigenvalue weighted by Gasteiger charge is 2.24. The first-order chi connectivity index (χ1) is 10.1. The van der Waals surface area contributed by atoms with Crippen LogP contribution >= 0.6 is 11.6 Å². The summed E-state index contributed by atoms with van der Waals surface area (Å²) in [5.41, 5.74) is 1.79. The van der Waals surface area contributed by atoms with E-state index in [1.54, 1.807) is 24.1 Å². The first-order valence-electron chi connectivity index (χ1n) is 6.66. The number of amides is 2. The number of methoxy groups -OCH3 is 1. The second kappa shape index (κ2) is 7.40. The topological polar surface area (TPSA) is 70.7 Å². The molecule has 0 bridgehead atoms. The van der Waals surface area contributed by atoms with E-state index >= 15 is 0 Å². The zero-order valence-electron chi connectivity index (χ0n) is 11.8. The van der Waals surface area contributed by atoms with Crippen molar-refractivity contribution in [3.63, 3.8) is 0 Å². The van der Waals surface area contributed by atoms with Gasteiger partial charge in [0.05, 0.1) is 19.7 Å². The van der Waals surface area contributed by atoms with Gasteiger partial charge in [-0.1, -0.05) is 17.7 Å². The zero-order chi connectivity index (χ0) is 15.2. The van der Waals surface area contributed by atoms with Crippen molar-refractivity contribution in [2.24, 2.45) is 0 Å². The maximum Gasteiger partial charge on any atom is 0.246 e. The average molecular weight is 312 g/mol. The molecule has 6 nitrogen and oxygen atoms in total. The molecule has 1 heterocycles. The van der Waals surface area contributed by atoms with Crippen molar-refractivity contribution in [3.8, 4) is 0 Å². The Morgan fingerprint density at radius 1 is 1.33 bits per heavy atom. The molecule has 0 unspecified atom stereocenters. The van der Waals surface area contributed by atoms with E-state index in [-0.39, 0.29) is 24.9 Å². The number of ether oxygens (including phenoxy) is 1. The Morgan fingerprint density at radius 3 is 2.71 bits per heavy atom. The zero-order valence-corrected chi connectivity index (χ0v) is 12.6. The summed E-state index contributed by atoms with van der Waals surface area (Å²) in [4.78, 5) is 24.8. The predicted molar refractivity (Wildman–Crippen MR) is 80.4 cm³/mol. The molecule has 21 heavy (non-hydrogen) atoms. The molecule has 0 saturated carbocycles. The van der Waals surface area contributed by atoms with Crippen LogP contribution < -0.4 is 15.5 Å². The molecule has 1 aromatic carbocycles. The quantitative estimate of drug-likeness (QED) is 0.593. The lowest BCUT2D eigenvalue weighted by molar-refractivity contribution is -0.130.